The summed E-state index contributed by atoms with van der Waals surface area (Å²) in [7, 11) is 0. The van der Waals surface area contributed by atoms with Crippen molar-refractivity contribution in [2.45, 2.75) is 25.8 Å². The number of nitrogens with two attached hydrogens (primary N) is 1. The fourth-order valence-corrected chi connectivity index (χ4v) is 2.78. The Labute approximate surface area is 128 Å². The maximum Gasteiger partial charge on any atom is 0.282 e. The number of carbonyl (C=O) groups excluding carboxylic acids is 2. The van der Waals surface area contributed by atoms with E-state index >= 15 is 0 Å². The molecule has 2 rings (SSSR count). The average molecular weight is 312 g/mol. The molecule has 4 N–H and O–H groups in total. The Bertz CT molecular complexity index is 529. The van der Waals surface area contributed by atoms with Gasteiger partial charge in [0.1, 0.15) is 0 Å². The van der Waals surface area contributed by atoms with E-state index in [1.54, 1.807) is 18.3 Å². The second-order valence-electron chi connectivity index (χ2n) is 5.39. The average Bonchev–Trinajstić information content (AvgIpc) is 2.49. The second kappa shape index (κ2) is 6.87. The van der Waals surface area contributed by atoms with E-state index in [1.165, 1.54) is 0 Å². The third-order valence-electron chi connectivity index (χ3n) is 4.05. The van der Waals surface area contributed by atoms with Crippen LogP contribution in [0.25, 0.3) is 0 Å². The highest BCUT2D eigenvalue weighted by Gasteiger charge is 2.32. The van der Waals surface area contributed by atoms with Crippen LogP contribution >= 0.6 is 11.6 Å². The van der Waals surface area contributed by atoms with Gasteiger partial charge in [-0.3, -0.25) is 9.59 Å². The van der Waals surface area contributed by atoms with E-state index in [0.29, 0.717) is 5.69 Å². The smallest absolute Gasteiger partial charge is 0.282 e. The Balaban J connectivity index is 1.92. The largest absolute Gasteiger partial charge is 0.369 e. The van der Waals surface area contributed by atoms with Crippen LogP contribution < -0.4 is 16.0 Å². The molecular weight excluding hydrogens is 292 g/mol. The summed E-state index contributed by atoms with van der Waals surface area (Å²) < 4.78 is 0. The van der Waals surface area contributed by atoms with Crippen LogP contribution in [0.4, 0.5) is 5.69 Å². The lowest BCUT2D eigenvalue weighted by Gasteiger charge is -2.31. The minimum atomic E-state index is -0.242. The first kappa shape index (κ1) is 15.7. The molecule has 1 aliphatic heterocycles. The monoisotopic (exact) mass is 311 g/mol. The number of quaternary nitrogens is 1. The number of piperidine rings is 1. The summed E-state index contributed by atoms with van der Waals surface area (Å²) in [6, 6.07) is 3.22. The van der Waals surface area contributed by atoms with Crippen molar-refractivity contribution in [2.75, 3.05) is 18.4 Å². The molecule has 1 aliphatic rings. The predicted molar refractivity (Wildman–Crippen MR) is 80.0 cm³/mol. The van der Waals surface area contributed by atoms with Gasteiger partial charge in [0.2, 0.25) is 5.91 Å². The Morgan fingerprint density at radius 3 is 2.71 bits per heavy atom. The van der Waals surface area contributed by atoms with Gasteiger partial charge in [0.25, 0.3) is 5.91 Å². The first-order valence-corrected chi connectivity index (χ1v) is 7.42. The van der Waals surface area contributed by atoms with Crippen LogP contribution in [0.2, 0.25) is 5.15 Å². The van der Waals surface area contributed by atoms with Crippen LogP contribution in [0.3, 0.4) is 0 Å². The van der Waals surface area contributed by atoms with Gasteiger partial charge in [-0.25, -0.2) is 4.98 Å². The third-order valence-corrected chi connectivity index (χ3v) is 4.35. The molecule has 6 nitrogen and oxygen atoms in total. The number of nitrogens with zero attached hydrogens (tertiary/aromatic N) is 1. The number of hydrogen-bond acceptors (Lipinski definition) is 3. The first-order chi connectivity index (χ1) is 9.99. The van der Waals surface area contributed by atoms with Crippen molar-refractivity contribution >= 4 is 29.1 Å². The number of anilines is 1. The number of rotatable bonds is 4. The number of primary amides is 1. The van der Waals surface area contributed by atoms with Gasteiger partial charge < -0.3 is 16.0 Å². The highest BCUT2D eigenvalue weighted by molar-refractivity contribution is 6.32. The quantitative estimate of drug-likeness (QED) is 0.675. The lowest BCUT2D eigenvalue weighted by Crippen LogP contribution is -3.17. The number of aromatic nitrogens is 1. The third kappa shape index (κ3) is 3.92. The summed E-state index contributed by atoms with van der Waals surface area (Å²) in [5.41, 5.74) is 5.83. The van der Waals surface area contributed by atoms with Crippen LogP contribution in [0.1, 0.15) is 19.8 Å². The molecule has 0 radical (unpaired) electrons. The van der Waals surface area contributed by atoms with Gasteiger partial charge in [0.15, 0.2) is 11.2 Å². The number of carbonyl (C=O) groups is 2. The summed E-state index contributed by atoms with van der Waals surface area (Å²) in [6.07, 6.45) is 3.03. The zero-order valence-electron chi connectivity index (χ0n) is 11.9. The molecular formula is C14H20ClN4O2+. The maximum atomic E-state index is 12.3. The van der Waals surface area contributed by atoms with Crippen LogP contribution in [0, 0.1) is 5.92 Å². The number of amides is 2. The molecule has 0 spiro atoms. The van der Waals surface area contributed by atoms with Crippen LogP contribution in [0.15, 0.2) is 18.3 Å². The first-order valence-electron chi connectivity index (χ1n) is 7.04. The Morgan fingerprint density at radius 1 is 1.48 bits per heavy atom. The predicted octanol–water partition coefficient (Wildman–Crippen LogP) is -0.158. The molecule has 114 valence electrons. The summed E-state index contributed by atoms with van der Waals surface area (Å²) in [6.45, 7) is 3.41. The van der Waals surface area contributed by atoms with E-state index in [0.717, 1.165) is 30.8 Å². The number of likely N-dealkylation sites (tertiary alicyclic amines) is 1. The van der Waals surface area contributed by atoms with E-state index in [1.807, 2.05) is 6.92 Å². The molecule has 7 heteroatoms. The number of nitrogens with one attached hydrogen (secondary N) is 2. The fraction of sp³-hybridized carbons (Fsp3) is 0.500. The normalized spacial score (nSPS) is 23.3. The molecule has 21 heavy (non-hydrogen) atoms. The number of pyridine rings is 1. The van der Waals surface area contributed by atoms with Crippen molar-refractivity contribution in [1.29, 1.82) is 0 Å². The lowest BCUT2D eigenvalue weighted by atomic mass is 9.95. The molecule has 0 bridgehead atoms. The van der Waals surface area contributed by atoms with E-state index in [-0.39, 0.29) is 28.9 Å². The summed E-state index contributed by atoms with van der Waals surface area (Å²) in [4.78, 5) is 28.5. The molecule has 1 saturated heterocycles. The fourth-order valence-electron chi connectivity index (χ4n) is 2.61. The zero-order valence-corrected chi connectivity index (χ0v) is 12.7. The minimum absolute atomic E-state index is 0.0585. The SMILES string of the molecule is C[C@@H](C(=O)Nc1cccnc1Cl)[NH+]1CCC(C(N)=O)CC1. The van der Waals surface area contributed by atoms with E-state index in [4.69, 9.17) is 17.3 Å². The second-order valence-corrected chi connectivity index (χ2v) is 5.75. The molecule has 0 unspecified atom stereocenters. The van der Waals surface area contributed by atoms with Gasteiger partial charge in [0, 0.05) is 25.0 Å². The molecule has 1 fully saturated rings. The van der Waals surface area contributed by atoms with Crippen molar-refractivity contribution in [2.24, 2.45) is 11.7 Å². The topological polar surface area (TPSA) is 89.5 Å². The Kier molecular flexibility index (Phi) is 5.14. The summed E-state index contributed by atoms with van der Waals surface area (Å²) in [5, 5.41) is 3.07. The number of hydrogen-bond donors (Lipinski definition) is 3. The lowest BCUT2D eigenvalue weighted by molar-refractivity contribution is -0.919. The highest BCUT2D eigenvalue weighted by atomic mass is 35.5. The van der Waals surface area contributed by atoms with Crippen LogP contribution in [0.5, 0.6) is 0 Å². The zero-order chi connectivity index (χ0) is 15.4. The van der Waals surface area contributed by atoms with Gasteiger partial charge >= 0.3 is 0 Å². The van der Waals surface area contributed by atoms with Gasteiger partial charge in [0.05, 0.1) is 18.8 Å². The van der Waals surface area contributed by atoms with E-state index in [2.05, 4.69) is 10.3 Å². The molecule has 0 aliphatic carbocycles. The van der Waals surface area contributed by atoms with Gasteiger partial charge in [-0.2, -0.15) is 0 Å². The van der Waals surface area contributed by atoms with Crippen molar-refractivity contribution in [3.8, 4) is 0 Å². The molecule has 2 heterocycles. The van der Waals surface area contributed by atoms with Gasteiger partial charge in [-0.05, 0) is 19.1 Å². The molecule has 0 saturated carbocycles. The maximum absolute atomic E-state index is 12.3. The van der Waals surface area contributed by atoms with E-state index in [9.17, 15) is 9.59 Å². The Morgan fingerprint density at radius 2 is 2.14 bits per heavy atom. The standard InChI is InChI=1S/C14H19ClN4O2/c1-9(19-7-4-10(5-8-19)13(16)20)14(21)18-11-3-2-6-17-12(11)15/h2-3,6,9-10H,4-5,7-8H2,1H3,(H2,16,20)(H,18,21)/p+1/t9-/m0/s1. The molecule has 1 aromatic rings. The molecule has 1 atom stereocenters. The van der Waals surface area contributed by atoms with E-state index < -0.39 is 0 Å². The highest BCUT2D eigenvalue weighted by Crippen LogP contribution is 2.17. The van der Waals surface area contributed by atoms with Crippen LogP contribution in [-0.4, -0.2) is 35.9 Å². The van der Waals surface area contributed by atoms with Crippen LogP contribution in [-0.2, 0) is 9.59 Å². The van der Waals surface area contributed by atoms with Crippen molar-refractivity contribution in [3.05, 3.63) is 23.5 Å². The molecule has 2 amide bonds. The van der Waals surface area contributed by atoms with Gasteiger partial charge in [-0.15, -0.1) is 0 Å². The van der Waals surface area contributed by atoms with Crippen molar-refractivity contribution in [1.82, 2.24) is 4.98 Å². The van der Waals surface area contributed by atoms with Crippen molar-refractivity contribution in [3.63, 3.8) is 0 Å². The van der Waals surface area contributed by atoms with Crippen molar-refractivity contribution < 1.29 is 14.5 Å². The minimum Gasteiger partial charge on any atom is -0.369 e. The molecule has 1 aromatic heterocycles. The number of halogens is 1. The summed E-state index contributed by atoms with van der Waals surface area (Å²) in [5.74, 6) is -0.400. The van der Waals surface area contributed by atoms with Gasteiger partial charge in [-0.1, -0.05) is 11.6 Å². The molecule has 0 aromatic carbocycles. The summed E-state index contributed by atoms with van der Waals surface area (Å²) >= 11 is 5.93. The Hall–Kier alpha value is -1.66.